The number of furan rings is 1. The van der Waals surface area contributed by atoms with Gasteiger partial charge in [-0.1, -0.05) is 13.3 Å². The Morgan fingerprint density at radius 3 is 2.83 bits per heavy atom. The molecule has 0 aliphatic rings. The van der Waals surface area contributed by atoms with Crippen molar-refractivity contribution < 1.29 is 19.1 Å². The Bertz CT molecular complexity index is 375. The van der Waals surface area contributed by atoms with E-state index in [2.05, 4.69) is 10.6 Å². The van der Waals surface area contributed by atoms with Crippen LogP contribution in [0.15, 0.2) is 22.8 Å². The lowest BCUT2D eigenvalue weighted by Gasteiger charge is -2.12. The van der Waals surface area contributed by atoms with Crippen LogP contribution in [0, 0.1) is 0 Å². The fraction of sp³-hybridized carbons (Fsp3) is 0.500. The second-order valence-electron chi connectivity index (χ2n) is 3.92. The summed E-state index contributed by atoms with van der Waals surface area (Å²) in [4.78, 5) is 22.3. The first kappa shape index (κ1) is 14.2. The van der Waals surface area contributed by atoms with Crippen LogP contribution >= 0.6 is 0 Å². The monoisotopic (exact) mass is 254 g/mol. The van der Waals surface area contributed by atoms with Crippen molar-refractivity contribution in [2.75, 3.05) is 6.54 Å². The van der Waals surface area contributed by atoms with Gasteiger partial charge in [-0.3, -0.25) is 14.9 Å². The zero-order valence-corrected chi connectivity index (χ0v) is 10.3. The molecule has 0 saturated heterocycles. The Kier molecular flexibility index (Phi) is 5.93. The summed E-state index contributed by atoms with van der Waals surface area (Å²) in [6.45, 7) is 2.19. The number of amides is 1. The summed E-state index contributed by atoms with van der Waals surface area (Å²) in [5.41, 5.74) is 0. The van der Waals surface area contributed by atoms with Gasteiger partial charge in [-0.05, 0) is 18.6 Å². The van der Waals surface area contributed by atoms with Gasteiger partial charge in [0.15, 0.2) is 0 Å². The lowest BCUT2D eigenvalue weighted by Crippen LogP contribution is -2.42. The molecule has 1 atom stereocenters. The van der Waals surface area contributed by atoms with E-state index < -0.39 is 12.0 Å². The molecular formula is C12H18N2O4. The summed E-state index contributed by atoms with van der Waals surface area (Å²) in [6.07, 6.45) is 2.78. The van der Waals surface area contributed by atoms with Crippen LogP contribution < -0.4 is 10.6 Å². The number of carbonyl (C=O) groups excluding carboxylic acids is 1. The Morgan fingerprint density at radius 2 is 2.28 bits per heavy atom. The number of carboxylic acid groups (broad SMARTS) is 1. The van der Waals surface area contributed by atoms with E-state index in [4.69, 9.17) is 9.52 Å². The Labute approximate surface area is 105 Å². The van der Waals surface area contributed by atoms with E-state index in [1.165, 1.54) is 6.26 Å². The molecule has 0 radical (unpaired) electrons. The molecule has 0 bridgehead atoms. The predicted molar refractivity (Wildman–Crippen MR) is 64.9 cm³/mol. The molecule has 0 aliphatic carbocycles. The van der Waals surface area contributed by atoms with Crippen molar-refractivity contribution >= 4 is 11.9 Å². The van der Waals surface area contributed by atoms with Crippen LogP contribution in [0.3, 0.4) is 0 Å². The zero-order valence-electron chi connectivity index (χ0n) is 10.3. The van der Waals surface area contributed by atoms with Gasteiger partial charge in [0.25, 0.3) is 0 Å². The molecule has 1 aromatic heterocycles. The van der Waals surface area contributed by atoms with Crippen LogP contribution in [0.25, 0.3) is 0 Å². The van der Waals surface area contributed by atoms with E-state index in [-0.39, 0.29) is 12.5 Å². The average molecular weight is 254 g/mol. The standard InChI is InChI=1S/C12H18N2O4/c1-2-4-10(12(16)17)13-8-11(15)14-7-9-5-3-6-18-9/h3,5-6,10,13H,2,4,7-8H2,1H3,(H,14,15)(H,16,17). The van der Waals surface area contributed by atoms with Gasteiger partial charge in [0.2, 0.25) is 5.91 Å². The van der Waals surface area contributed by atoms with Crippen molar-refractivity contribution in [1.29, 1.82) is 0 Å². The van der Waals surface area contributed by atoms with Crippen molar-refractivity contribution in [2.24, 2.45) is 0 Å². The number of carbonyl (C=O) groups is 2. The number of aliphatic carboxylic acids is 1. The highest BCUT2D eigenvalue weighted by atomic mass is 16.4. The number of carboxylic acids is 1. The van der Waals surface area contributed by atoms with Crippen LogP contribution in [0.5, 0.6) is 0 Å². The van der Waals surface area contributed by atoms with E-state index in [9.17, 15) is 9.59 Å². The molecule has 1 amide bonds. The molecule has 0 fully saturated rings. The van der Waals surface area contributed by atoms with Crippen LogP contribution in [0.2, 0.25) is 0 Å². The molecule has 0 saturated carbocycles. The molecule has 6 heteroatoms. The van der Waals surface area contributed by atoms with Crippen molar-refractivity contribution in [1.82, 2.24) is 10.6 Å². The average Bonchev–Trinajstić information content (AvgIpc) is 2.84. The van der Waals surface area contributed by atoms with Gasteiger partial charge in [-0.15, -0.1) is 0 Å². The topological polar surface area (TPSA) is 91.6 Å². The van der Waals surface area contributed by atoms with Gasteiger partial charge >= 0.3 is 5.97 Å². The molecule has 6 nitrogen and oxygen atoms in total. The molecule has 3 N–H and O–H groups in total. The second kappa shape index (κ2) is 7.50. The Balaban J connectivity index is 2.25. The highest BCUT2D eigenvalue weighted by molar-refractivity contribution is 5.79. The molecule has 0 aliphatic heterocycles. The van der Waals surface area contributed by atoms with Crippen LogP contribution in [-0.4, -0.2) is 29.6 Å². The quantitative estimate of drug-likeness (QED) is 0.636. The SMILES string of the molecule is CCCC(NCC(=O)NCc1ccco1)C(=O)O. The van der Waals surface area contributed by atoms with Crippen molar-refractivity contribution in [3.63, 3.8) is 0 Å². The van der Waals surface area contributed by atoms with Gasteiger partial charge in [-0.2, -0.15) is 0 Å². The van der Waals surface area contributed by atoms with E-state index in [1.807, 2.05) is 6.92 Å². The minimum atomic E-state index is -0.935. The van der Waals surface area contributed by atoms with Gasteiger partial charge in [0.1, 0.15) is 11.8 Å². The third-order valence-corrected chi connectivity index (χ3v) is 2.42. The van der Waals surface area contributed by atoms with Crippen LogP contribution in [0.1, 0.15) is 25.5 Å². The summed E-state index contributed by atoms with van der Waals surface area (Å²) in [7, 11) is 0. The highest BCUT2D eigenvalue weighted by Crippen LogP contribution is 1.98. The van der Waals surface area contributed by atoms with E-state index >= 15 is 0 Å². The van der Waals surface area contributed by atoms with E-state index in [0.717, 1.165) is 6.42 Å². The van der Waals surface area contributed by atoms with Crippen molar-refractivity contribution in [3.8, 4) is 0 Å². The maximum absolute atomic E-state index is 11.5. The van der Waals surface area contributed by atoms with Crippen molar-refractivity contribution in [3.05, 3.63) is 24.2 Å². The highest BCUT2D eigenvalue weighted by Gasteiger charge is 2.16. The number of nitrogens with one attached hydrogen (secondary N) is 2. The Hall–Kier alpha value is -1.82. The van der Waals surface area contributed by atoms with Gasteiger partial charge in [0.05, 0.1) is 19.4 Å². The van der Waals surface area contributed by atoms with E-state index in [0.29, 0.717) is 18.7 Å². The predicted octanol–water partition coefficient (Wildman–Crippen LogP) is 0.739. The molecule has 0 aromatic carbocycles. The summed E-state index contributed by atoms with van der Waals surface area (Å²) in [6, 6.07) is 2.82. The minimum absolute atomic E-state index is 0.0162. The summed E-state index contributed by atoms with van der Waals surface area (Å²) in [5.74, 6) is -0.531. The van der Waals surface area contributed by atoms with Crippen LogP contribution in [-0.2, 0) is 16.1 Å². The van der Waals surface area contributed by atoms with E-state index in [1.54, 1.807) is 12.1 Å². The molecular weight excluding hydrogens is 236 g/mol. The van der Waals surface area contributed by atoms with Crippen LogP contribution in [0.4, 0.5) is 0 Å². The lowest BCUT2D eigenvalue weighted by molar-refractivity contribution is -0.139. The maximum atomic E-state index is 11.5. The zero-order chi connectivity index (χ0) is 13.4. The van der Waals surface area contributed by atoms with Gasteiger partial charge in [-0.25, -0.2) is 0 Å². The first-order valence-corrected chi connectivity index (χ1v) is 5.88. The summed E-state index contributed by atoms with van der Waals surface area (Å²) >= 11 is 0. The van der Waals surface area contributed by atoms with Gasteiger partial charge < -0.3 is 14.8 Å². The molecule has 18 heavy (non-hydrogen) atoms. The third-order valence-electron chi connectivity index (χ3n) is 2.42. The molecule has 0 spiro atoms. The Morgan fingerprint density at radius 1 is 1.50 bits per heavy atom. The molecule has 1 unspecified atom stereocenters. The fourth-order valence-electron chi connectivity index (χ4n) is 1.48. The summed E-state index contributed by atoms with van der Waals surface area (Å²) in [5, 5.41) is 14.2. The molecule has 1 heterocycles. The first-order valence-electron chi connectivity index (χ1n) is 5.88. The van der Waals surface area contributed by atoms with Crippen molar-refractivity contribution in [2.45, 2.75) is 32.4 Å². The number of hydrogen-bond acceptors (Lipinski definition) is 4. The van der Waals surface area contributed by atoms with Gasteiger partial charge in [0, 0.05) is 0 Å². The fourth-order valence-corrected chi connectivity index (χ4v) is 1.48. The number of hydrogen-bond donors (Lipinski definition) is 3. The maximum Gasteiger partial charge on any atom is 0.320 e. The number of rotatable bonds is 8. The normalized spacial score (nSPS) is 12.1. The minimum Gasteiger partial charge on any atom is -0.480 e. The molecule has 1 rings (SSSR count). The third kappa shape index (κ3) is 5.01. The largest absolute Gasteiger partial charge is 0.480 e. The smallest absolute Gasteiger partial charge is 0.320 e. The first-order chi connectivity index (χ1) is 8.63. The second-order valence-corrected chi connectivity index (χ2v) is 3.92. The lowest BCUT2D eigenvalue weighted by atomic mass is 10.2. The summed E-state index contributed by atoms with van der Waals surface area (Å²) < 4.78 is 5.06. The molecule has 1 aromatic rings. The molecule has 100 valence electrons.